The molecule has 2 rings (SSSR count). The highest BCUT2D eigenvalue weighted by Gasteiger charge is 2.16. The second kappa shape index (κ2) is 7.56. The van der Waals surface area contributed by atoms with Crippen molar-refractivity contribution in [2.75, 3.05) is 11.9 Å². The highest BCUT2D eigenvalue weighted by molar-refractivity contribution is 9.11. The number of nitrogens with one attached hydrogen (secondary N) is 1. The largest absolute Gasteiger partial charge is 0.477 e. The summed E-state index contributed by atoms with van der Waals surface area (Å²) in [6, 6.07) is 9.63. The zero-order valence-corrected chi connectivity index (χ0v) is 15.2. The van der Waals surface area contributed by atoms with E-state index in [4.69, 9.17) is 4.74 Å². The third-order valence-corrected chi connectivity index (χ3v) is 4.12. The molecule has 2 aromatic carbocycles. The normalized spacial score (nSPS) is 10.2. The van der Waals surface area contributed by atoms with Gasteiger partial charge in [-0.3, -0.25) is 14.9 Å². The van der Waals surface area contributed by atoms with Crippen molar-refractivity contribution in [3.05, 3.63) is 61.0 Å². The minimum absolute atomic E-state index is 0.0506. The average Bonchev–Trinajstić information content (AvgIpc) is 2.49. The quantitative estimate of drug-likeness (QED) is 0.546. The van der Waals surface area contributed by atoms with Crippen molar-refractivity contribution in [2.45, 2.75) is 6.92 Å². The van der Waals surface area contributed by atoms with Crippen LogP contribution in [0.2, 0.25) is 0 Å². The smallest absolute Gasteiger partial charge is 0.310 e. The van der Waals surface area contributed by atoms with Crippen LogP contribution >= 0.6 is 31.9 Å². The van der Waals surface area contributed by atoms with Gasteiger partial charge >= 0.3 is 5.69 Å². The van der Waals surface area contributed by atoms with Crippen molar-refractivity contribution >= 4 is 49.1 Å². The number of hydrogen-bond donors (Lipinski definition) is 1. The first-order valence-electron chi connectivity index (χ1n) is 6.50. The van der Waals surface area contributed by atoms with E-state index in [0.717, 1.165) is 14.5 Å². The van der Waals surface area contributed by atoms with Crippen LogP contribution in [0.5, 0.6) is 5.75 Å². The third-order valence-electron chi connectivity index (χ3n) is 2.87. The zero-order chi connectivity index (χ0) is 17.0. The standard InChI is InChI=1S/C15H12Br2N2O4/c1-9-6-10(16)15(11(17)7-9)18-14(20)8-23-13-5-3-2-4-12(13)19(21)22/h2-7H,8H2,1H3,(H,18,20). The van der Waals surface area contributed by atoms with Crippen LogP contribution in [0.25, 0.3) is 0 Å². The molecule has 0 fully saturated rings. The molecular weight excluding hydrogens is 432 g/mol. The van der Waals surface area contributed by atoms with Crippen LogP contribution in [0.4, 0.5) is 11.4 Å². The van der Waals surface area contributed by atoms with Crippen molar-refractivity contribution in [1.82, 2.24) is 0 Å². The number of ether oxygens (including phenoxy) is 1. The van der Waals surface area contributed by atoms with E-state index in [9.17, 15) is 14.9 Å². The summed E-state index contributed by atoms with van der Waals surface area (Å²) in [5.74, 6) is -0.372. The second-order valence-electron chi connectivity index (χ2n) is 4.67. The zero-order valence-electron chi connectivity index (χ0n) is 12.0. The van der Waals surface area contributed by atoms with Gasteiger partial charge in [-0.15, -0.1) is 0 Å². The third kappa shape index (κ3) is 4.52. The van der Waals surface area contributed by atoms with Crippen LogP contribution in [-0.4, -0.2) is 17.4 Å². The Bertz CT molecular complexity index is 742. The predicted octanol–water partition coefficient (Wildman–Crippen LogP) is 4.45. The molecule has 0 aliphatic heterocycles. The Balaban J connectivity index is 2.06. The molecule has 0 aliphatic rings. The maximum Gasteiger partial charge on any atom is 0.310 e. The second-order valence-corrected chi connectivity index (χ2v) is 6.37. The van der Waals surface area contributed by atoms with Gasteiger partial charge in [0.15, 0.2) is 12.4 Å². The number of para-hydroxylation sites is 2. The monoisotopic (exact) mass is 442 g/mol. The van der Waals surface area contributed by atoms with E-state index in [0.29, 0.717) is 5.69 Å². The Morgan fingerprint density at radius 2 is 1.87 bits per heavy atom. The molecule has 0 heterocycles. The molecule has 1 N–H and O–H groups in total. The van der Waals surface area contributed by atoms with Gasteiger partial charge in [-0.05, 0) is 62.5 Å². The summed E-state index contributed by atoms with van der Waals surface area (Å²) in [6.07, 6.45) is 0. The van der Waals surface area contributed by atoms with E-state index in [1.807, 2.05) is 19.1 Å². The molecule has 23 heavy (non-hydrogen) atoms. The fourth-order valence-corrected chi connectivity index (χ4v) is 3.48. The number of halogens is 2. The van der Waals surface area contributed by atoms with Crippen LogP contribution in [0.3, 0.4) is 0 Å². The van der Waals surface area contributed by atoms with Gasteiger partial charge in [0, 0.05) is 15.0 Å². The molecule has 0 radical (unpaired) electrons. The Morgan fingerprint density at radius 3 is 2.48 bits per heavy atom. The number of nitro benzene ring substituents is 1. The number of anilines is 1. The summed E-state index contributed by atoms with van der Waals surface area (Å²) in [5.41, 5.74) is 1.42. The lowest BCUT2D eigenvalue weighted by molar-refractivity contribution is -0.385. The first-order valence-corrected chi connectivity index (χ1v) is 8.09. The van der Waals surface area contributed by atoms with Crippen molar-refractivity contribution in [1.29, 1.82) is 0 Å². The Hall–Kier alpha value is -1.93. The van der Waals surface area contributed by atoms with E-state index >= 15 is 0 Å². The number of hydrogen-bond acceptors (Lipinski definition) is 4. The number of rotatable bonds is 5. The first kappa shape index (κ1) is 17.4. The fraction of sp³-hybridized carbons (Fsp3) is 0.133. The Morgan fingerprint density at radius 1 is 1.26 bits per heavy atom. The SMILES string of the molecule is Cc1cc(Br)c(NC(=O)COc2ccccc2[N+](=O)[O-])c(Br)c1. The Labute approximate surface area is 149 Å². The van der Waals surface area contributed by atoms with Gasteiger partial charge in [-0.2, -0.15) is 0 Å². The maximum atomic E-state index is 12.0. The lowest BCUT2D eigenvalue weighted by Gasteiger charge is -2.11. The number of carbonyl (C=O) groups is 1. The number of nitrogens with zero attached hydrogens (tertiary/aromatic N) is 1. The Kier molecular flexibility index (Phi) is 5.73. The van der Waals surface area contributed by atoms with Gasteiger partial charge in [0.25, 0.3) is 5.91 Å². The first-order chi connectivity index (χ1) is 10.9. The number of benzene rings is 2. The molecule has 0 unspecified atom stereocenters. The summed E-state index contributed by atoms with van der Waals surface area (Å²) in [7, 11) is 0. The molecular formula is C15H12Br2N2O4. The molecule has 2 aromatic rings. The van der Waals surface area contributed by atoms with Crippen LogP contribution in [0.1, 0.15) is 5.56 Å². The van der Waals surface area contributed by atoms with Crippen molar-refractivity contribution in [3.63, 3.8) is 0 Å². The predicted molar refractivity (Wildman–Crippen MR) is 93.8 cm³/mol. The molecule has 0 saturated carbocycles. The summed E-state index contributed by atoms with van der Waals surface area (Å²) >= 11 is 6.76. The van der Waals surface area contributed by atoms with Crippen molar-refractivity contribution in [2.24, 2.45) is 0 Å². The lowest BCUT2D eigenvalue weighted by atomic mass is 10.2. The highest BCUT2D eigenvalue weighted by Crippen LogP contribution is 2.32. The fourth-order valence-electron chi connectivity index (χ4n) is 1.87. The molecule has 0 aliphatic carbocycles. The lowest BCUT2D eigenvalue weighted by Crippen LogP contribution is -2.21. The van der Waals surface area contributed by atoms with Crippen LogP contribution < -0.4 is 10.1 Å². The van der Waals surface area contributed by atoms with Gasteiger partial charge < -0.3 is 10.1 Å². The topological polar surface area (TPSA) is 81.5 Å². The summed E-state index contributed by atoms with van der Waals surface area (Å²) in [4.78, 5) is 22.3. The van der Waals surface area contributed by atoms with E-state index < -0.39 is 10.8 Å². The number of nitro groups is 1. The van der Waals surface area contributed by atoms with E-state index in [1.165, 1.54) is 18.2 Å². The number of aryl methyl sites for hydroxylation is 1. The van der Waals surface area contributed by atoms with E-state index in [2.05, 4.69) is 37.2 Å². The van der Waals surface area contributed by atoms with Gasteiger partial charge in [-0.1, -0.05) is 12.1 Å². The van der Waals surface area contributed by atoms with E-state index in [1.54, 1.807) is 6.07 Å². The van der Waals surface area contributed by atoms with Gasteiger partial charge in [0.2, 0.25) is 0 Å². The molecule has 0 aromatic heterocycles. The minimum Gasteiger partial charge on any atom is -0.477 e. The molecule has 0 atom stereocenters. The van der Waals surface area contributed by atoms with Crippen LogP contribution in [0, 0.1) is 17.0 Å². The summed E-state index contributed by atoms with van der Waals surface area (Å²) in [5, 5.41) is 13.6. The highest BCUT2D eigenvalue weighted by atomic mass is 79.9. The van der Waals surface area contributed by atoms with Gasteiger partial charge in [0.1, 0.15) is 0 Å². The van der Waals surface area contributed by atoms with Gasteiger partial charge in [-0.25, -0.2) is 0 Å². The summed E-state index contributed by atoms with van der Waals surface area (Å²) in [6.45, 7) is 1.59. The maximum absolute atomic E-state index is 12.0. The molecule has 0 bridgehead atoms. The molecule has 6 nitrogen and oxygen atoms in total. The van der Waals surface area contributed by atoms with E-state index in [-0.39, 0.29) is 18.0 Å². The molecule has 120 valence electrons. The molecule has 8 heteroatoms. The van der Waals surface area contributed by atoms with Gasteiger partial charge in [0.05, 0.1) is 10.6 Å². The number of amides is 1. The van der Waals surface area contributed by atoms with Crippen molar-refractivity contribution in [3.8, 4) is 5.75 Å². The van der Waals surface area contributed by atoms with Crippen molar-refractivity contribution < 1.29 is 14.5 Å². The summed E-state index contributed by atoms with van der Waals surface area (Å²) < 4.78 is 6.70. The average molecular weight is 444 g/mol. The van der Waals surface area contributed by atoms with Crippen LogP contribution in [0.15, 0.2) is 45.3 Å². The number of carbonyl (C=O) groups excluding carboxylic acids is 1. The minimum atomic E-state index is -0.555. The molecule has 0 saturated heterocycles. The van der Waals surface area contributed by atoms with Crippen LogP contribution in [-0.2, 0) is 4.79 Å². The molecule has 1 amide bonds. The molecule has 0 spiro atoms.